The molecule has 2 aromatic rings. The van der Waals surface area contributed by atoms with Crippen LogP contribution >= 0.6 is 0 Å². The Morgan fingerprint density at radius 3 is 2.47 bits per heavy atom. The minimum Gasteiger partial charge on any atom is -0.493 e. The van der Waals surface area contributed by atoms with Crippen LogP contribution in [0.2, 0.25) is 0 Å². The molecule has 1 unspecified atom stereocenters. The van der Waals surface area contributed by atoms with Crippen LogP contribution in [-0.4, -0.2) is 51.8 Å². The molecule has 1 aliphatic rings. The minimum atomic E-state index is -0.922. The largest absolute Gasteiger partial charge is 0.493 e. The van der Waals surface area contributed by atoms with Crippen molar-refractivity contribution in [1.82, 2.24) is 5.32 Å². The summed E-state index contributed by atoms with van der Waals surface area (Å²) in [6, 6.07) is 4.94. The van der Waals surface area contributed by atoms with E-state index >= 15 is 0 Å². The standard InChI is InChI=1S/C21H23F2N3O6/c1-30-17-9-14(18(26(28)29)20(32-3)19(17)31-2)21(27)24-10-12-6-7-25(11-12)13-4-5-15(22)16(23)8-13/h4-5,8-9,12H,6-7,10-11H2,1-3H3,(H,24,27). The molecule has 32 heavy (non-hydrogen) atoms. The fourth-order valence-corrected chi connectivity index (χ4v) is 3.74. The van der Waals surface area contributed by atoms with Gasteiger partial charge in [0.05, 0.1) is 26.3 Å². The van der Waals surface area contributed by atoms with Crippen LogP contribution in [0.15, 0.2) is 24.3 Å². The van der Waals surface area contributed by atoms with Crippen molar-refractivity contribution in [2.24, 2.45) is 5.92 Å². The topological polar surface area (TPSA) is 103 Å². The Kier molecular flexibility index (Phi) is 6.96. The molecule has 1 heterocycles. The number of nitro groups is 1. The zero-order valence-electron chi connectivity index (χ0n) is 17.8. The zero-order valence-corrected chi connectivity index (χ0v) is 17.8. The highest BCUT2D eigenvalue weighted by molar-refractivity contribution is 6.00. The molecule has 1 saturated heterocycles. The summed E-state index contributed by atoms with van der Waals surface area (Å²) in [5, 5.41) is 14.4. The van der Waals surface area contributed by atoms with E-state index in [-0.39, 0.29) is 35.3 Å². The van der Waals surface area contributed by atoms with E-state index in [4.69, 9.17) is 14.2 Å². The van der Waals surface area contributed by atoms with Gasteiger partial charge >= 0.3 is 5.69 Å². The molecule has 1 amide bonds. The Hall–Kier alpha value is -3.63. The Labute approximate surface area is 183 Å². The number of methoxy groups -OCH3 is 3. The summed E-state index contributed by atoms with van der Waals surface area (Å²) in [5.41, 5.74) is -0.199. The Bertz CT molecular complexity index is 1030. The van der Waals surface area contributed by atoms with Crippen LogP contribution in [0, 0.1) is 27.7 Å². The molecule has 0 radical (unpaired) electrons. The summed E-state index contributed by atoms with van der Waals surface area (Å²) in [4.78, 5) is 25.7. The number of carbonyl (C=O) groups excluding carboxylic acids is 1. The first kappa shape index (κ1) is 23.0. The maximum Gasteiger partial charge on any atom is 0.327 e. The molecule has 1 fully saturated rings. The van der Waals surface area contributed by atoms with Crippen molar-refractivity contribution < 1.29 is 32.7 Å². The fourth-order valence-electron chi connectivity index (χ4n) is 3.74. The summed E-state index contributed by atoms with van der Waals surface area (Å²) in [6.45, 7) is 1.37. The lowest BCUT2D eigenvalue weighted by molar-refractivity contribution is -0.386. The molecule has 0 bridgehead atoms. The zero-order chi connectivity index (χ0) is 23.4. The van der Waals surface area contributed by atoms with Gasteiger partial charge in [-0.1, -0.05) is 0 Å². The molecule has 0 saturated carbocycles. The normalized spacial score (nSPS) is 15.4. The van der Waals surface area contributed by atoms with Gasteiger partial charge in [-0.05, 0) is 24.5 Å². The molecule has 1 atom stereocenters. The first-order valence-electron chi connectivity index (χ1n) is 9.76. The van der Waals surface area contributed by atoms with Crippen LogP contribution in [0.1, 0.15) is 16.8 Å². The van der Waals surface area contributed by atoms with Gasteiger partial charge in [0, 0.05) is 37.5 Å². The van der Waals surface area contributed by atoms with Crippen molar-refractivity contribution in [3.05, 3.63) is 51.6 Å². The molecule has 9 nitrogen and oxygen atoms in total. The number of ether oxygens (including phenoxy) is 3. The van der Waals surface area contributed by atoms with Crippen LogP contribution in [0.5, 0.6) is 17.2 Å². The molecule has 0 aliphatic carbocycles. The summed E-state index contributed by atoms with van der Waals surface area (Å²) >= 11 is 0. The van der Waals surface area contributed by atoms with Crippen LogP contribution in [0.4, 0.5) is 20.2 Å². The number of benzene rings is 2. The molecule has 2 aromatic carbocycles. The van der Waals surface area contributed by atoms with Gasteiger partial charge < -0.3 is 24.4 Å². The molecule has 0 spiro atoms. The number of nitro benzene ring substituents is 1. The highest BCUT2D eigenvalue weighted by atomic mass is 19.2. The molecule has 1 N–H and O–H groups in total. The summed E-state index contributed by atoms with van der Waals surface area (Å²) in [6.07, 6.45) is 0.705. The molecule has 1 aliphatic heterocycles. The van der Waals surface area contributed by atoms with Gasteiger partial charge in [0.25, 0.3) is 5.91 Å². The van der Waals surface area contributed by atoms with Crippen molar-refractivity contribution in [2.75, 3.05) is 45.9 Å². The third kappa shape index (κ3) is 4.51. The van der Waals surface area contributed by atoms with Crippen molar-refractivity contribution in [1.29, 1.82) is 0 Å². The Balaban J connectivity index is 1.75. The molecular weight excluding hydrogens is 428 g/mol. The Morgan fingerprint density at radius 1 is 1.16 bits per heavy atom. The van der Waals surface area contributed by atoms with Crippen molar-refractivity contribution in [3.8, 4) is 17.2 Å². The van der Waals surface area contributed by atoms with E-state index in [1.165, 1.54) is 33.5 Å². The van der Waals surface area contributed by atoms with Crippen molar-refractivity contribution in [3.63, 3.8) is 0 Å². The summed E-state index contributed by atoms with van der Waals surface area (Å²) in [5.74, 6) is -2.57. The first-order chi connectivity index (χ1) is 15.3. The number of rotatable bonds is 8. The maximum absolute atomic E-state index is 13.5. The van der Waals surface area contributed by atoms with E-state index < -0.39 is 28.2 Å². The number of nitrogens with zero attached hydrogens (tertiary/aromatic N) is 2. The van der Waals surface area contributed by atoms with Crippen LogP contribution < -0.4 is 24.4 Å². The average Bonchev–Trinajstić information content (AvgIpc) is 3.26. The lowest BCUT2D eigenvalue weighted by atomic mass is 10.1. The number of amides is 1. The number of carbonyl (C=O) groups is 1. The number of hydrogen-bond donors (Lipinski definition) is 1. The van der Waals surface area contributed by atoms with Gasteiger partial charge in [0.2, 0.25) is 11.5 Å². The second-order valence-corrected chi connectivity index (χ2v) is 7.21. The highest BCUT2D eigenvalue weighted by Crippen LogP contribution is 2.46. The number of nitrogens with one attached hydrogen (secondary N) is 1. The van der Waals surface area contributed by atoms with Crippen LogP contribution in [0.25, 0.3) is 0 Å². The third-order valence-electron chi connectivity index (χ3n) is 5.34. The van der Waals surface area contributed by atoms with E-state index in [2.05, 4.69) is 5.32 Å². The van der Waals surface area contributed by atoms with E-state index in [0.29, 0.717) is 25.2 Å². The number of halogens is 2. The molecule has 172 valence electrons. The van der Waals surface area contributed by atoms with Gasteiger partial charge in [-0.25, -0.2) is 8.78 Å². The van der Waals surface area contributed by atoms with Crippen molar-refractivity contribution in [2.45, 2.75) is 6.42 Å². The van der Waals surface area contributed by atoms with Crippen LogP contribution in [-0.2, 0) is 0 Å². The van der Waals surface area contributed by atoms with Gasteiger partial charge in [-0.3, -0.25) is 14.9 Å². The lowest BCUT2D eigenvalue weighted by Crippen LogP contribution is -2.31. The van der Waals surface area contributed by atoms with Crippen molar-refractivity contribution >= 4 is 17.3 Å². The highest BCUT2D eigenvalue weighted by Gasteiger charge is 2.33. The molecule has 0 aromatic heterocycles. The first-order valence-corrected chi connectivity index (χ1v) is 9.76. The maximum atomic E-state index is 13.5. The smallest absolute Gasteiger partial charge is 0.327 e. The van der Waals surface area contributed by atoms with E-state index in [9.17, 15) is 23.7 Å². The quantitative estimate of drug-likeness (QED) is 0.486. The minimum absolute atomic E-state index is 0.0104. The second kappa shape index (κ2) is 9.67. The lowest BCUT2D eigenvalue weighted by Gasteiger charge is -2.19. The van der Waals surface area contributed by atoms with Gasteiger partial charge in [-0.2, -0.15) is 0 Å². The number of hydrogen-bond acceptors (Lipinski definition) is 7. The summed E-state index contributed by atoms with van der Waals surface area (Å²) in [7, 11) is 3.89. The third-order valence-corrected chi connectivity index (χ3v) is 5.34. The molecular formula is C21H23F2N3O6. The van der Waals surface area contributed by atoms with Gasteiger partial charge in [0.15, 0.2) is 17.4 Å². The predicted molar refractivity (Wildman–Crippen MR) is 112 cm³/mol. The molecule has 3 rings (SSSR count). The average molecular weight is 451 g/mol. The second-order valence-electron chi connectivity index (χ2n) is 7.21. The number of anilines is 1. The van der Waals surface area contributed by atoms with E-state index in [1.54, 1.807) is 0 Å². The fraction of sp³-hybridized carbons (Fsp3) is 0.381. The Morgan fingerprint density at radius 2 is 1.88 bits per heavy atom. The van der Waals surface area contributed by atoms with Crippen LogP contribution in [0.3, 0.4) is 0 Å². The summed E-state index contributed by atoms with van der Waals surface area (Å²) < 4.78 is 42.1. The van der Waals surface area contributed by atoms with Gasteiger partial charge in [-0.15, -0.1) is 0 Å². The molecule has 11 heteroatoms. The monoisotopic (exact) mass is 451 g/mol. The van der Waals surface area contributed by atoms with Gasteiger partial charge in [0.1, 0.15) is 5.56 Å². The van der Waals surface area contributed by atoms with E-state index in [0.717, 1.165) is 12.1 Å². The predicted octanol–water partition coefficient (Wildman–Crippen LogP) is 3.16. The SMILES string of the molecule is COc1cc(C(=O)NCC2CCN(c3ccc(F)c(F)c3)C2)c([N+](=O)[O-])c(OC)c1OC. The van der Waals surface area contributed by atoms with E-state index in [1.807, 2.05) is 4.90 Å².